The van der Waals surface area contributed by atoms with Gasteiger partial charge in [-0.25, -0.2) is 0 Å². The van der Waals surface area contributed by atoms with Crippen molar-refractivity contribution in [2.75, 3.05) is 0 Å². The average molecular weight is 166 g/mol. The maximum absolute atomic E-state index is 2.50. The first-order valence-electron chi connectivity index (χ1n) is 5.56. The highest BCUT2D eigenvalue weighted by Gasteiger charge is 2.47. The van der Waals surface area contributed by atoms with Crippen molar-refractivity contribution in [3.8, 4) is 0 Å². The standard InChI is InChI=1S/C12H22/c1-10(2)12-7-4-11(3,5-8-12)6-9-12/h10H,4-9H2,1-3H3. The van der Waals surface area contributed by atoms with Gasteiger partial charge < -0.3 is 0 Å². The average Bonchev–Trinajstić information content (AvgIpc) is 2.06. The Balaban J connectivity index is 2.14. The zero-order chi connectivity index (χ0) is 8.82. The predicted octanol–water partition coefficient (Wildman–Crippen LogP) is 4.00. The van der Waals surface area contributed by atoms with Crippen molar-refractivity contribution in [1.29, 1.82) is 0 Å². The Morgan fingerprint density at radius 1 is 0.833 bits per heavy atom. The Labute approximate surface area is 76.7 Å². The van der Waals surface area contributed by atoms with E-state index < -0.39 is 0 Å². The molecule has 0 amide bonds. The van der Waals surface area contributed by atoms with Crippen LogP contribution >= 0.6 is 0 Å². The van der Waals surface area contributed by atoms with Gasteiger partial charge in [0.2, 0.25) is 0 Å². The second kappa shape index (κ2) is 2.49. The molecule has 0 nitrogen and oxygen atoms in total. The van der Waals surface area contributed by atoms with Crippen LogP contribution in [0.1, 0.15) is 59.3 Å². The smallest absolute Gasteiger partial charge is 0.0274 e. The fraction of sp³-hybridized carbons (Fsp3) is 1.00. The Kier molecular flexibility index (Phi) is 1.79. The summed E-state index contributed by atoms with van der Waals surface area (Å²) in [4.78, 5) is 0. The van der Waals surface area contributed by atoms with Crippen LogP contribution in [0.2, 0.25) is 0 Å². The highest BCUT2D eigenvalue weighted by molar-refractivity contribution is 4.98. The van der Waals surface area contributed by atoms with Crippen LogP contribution in [0.5, 0.6) is 0 Å². The van der Waals surface area contributed by atoms with Gasteiger partial charge >= 0.3 is 0 Å². The Hall–Kier alpha value is 0. The van der Waals surface area contributed by atoms with E-state index in [0.29, 0.717) is 0 Å². The summed E-state index contributed by atoms with van der Waals surface area (Å²) in [5.41, 5.74) is 1.51. The van der Waals surface area contributed by atoms with Gasteiger partial charge in [-0.3, -0.25) is 0 Å². The molecule has 0 heteroatoms. The third-order valence-electron chi connectivity index (χ3n) is 4.90. The Morgan fingerprint density at radius 3 is 1.58 bits per heavy atom. The van der Waals surface area contributed by atoms with Gasteiger partial charge in [0.15, 0.2) is 0 Å². The molecule has 0 aromatic heterocycles. The largest absolute Gasteiger partial charge is 0.0622 e. The van der Waals surface area contributed by atoms with Crippen molar-refractivity contribution >= 4 is 0 Å². The van der Waals surface area contributed by atoms with Crippen molar-refractivity contribution in [1.82, 2.24) is 0 Å². The quantitative estimate of drug-likeness (QED) is 0.552. The van der Waals surface area contributed by atoms with Gasteiger partial charge in [-0.15, -0.1) is 0 Å². The molecule has 0 aromatic rings. The molecule has 0 unspecified atom stereocenters. The zero-order valence-corrected chi connectivity index (χ0v) is 8.82. The third kappa shape index (κ3) is 1.11. The molecule has 0 heterocycles. The van der Waals surface area contributed by atoms with Crippen LogP contribution in [0.25, 0.3) is 0 Å². The van der Waals surface area contributed by atoms with Crippen LogP contribution in [-0.4, -0.2) is 0 Å². The summed E-state index contributed by atoms with van der Waals surface area (Å²) in [6.07, 6.45) is 9.06. The Bertz CT molecular complexity index is 154. The SMILES string of the molecule is CC(C)C12CCC(C)(CC1)CC2. The second-order valence-corrected chi connectivity index (χ2v) is 5.83. The topological polar surface area (TPSA) is 0 Å². The summed E-state index contributed by atoms with van der Waals surface area (Å²) in [5.74, 6) is 0.919. The van der Waals surface area contributed by atoms with Crippen LogP contribution in [0, 0.1) is 16.7 Å². The van der Waals surface area contributed by atoms with E-state index in [4.69, 9.17) is 0 Å². The third-order valence-corrected chi connectivity index (χ3v) is 4.90. The summed E-state index contributed by atoms with van der Waals surface area (Å²) in [5, 5.41) is 0. The number of fused-ring (bicyclic) bond motifs is 3. The summed E-state index contributed by atoms with van der Waals surface area (Å²) in [6.45, 7) is 7.35. The van der Waals surface area contributed by atoms with E-state index in [-0.39, 0.29) is 0 Å². The monoisotopic (exact) mass is 166 g/mol. The van der Waals surface area contributed by atoms with Crippen LogP contribution in [-0.2, 0) is 0 Å². The normalized spacial score (nSPS) is 47.0. The fourth-order valence-electron chi connectivity index (χ4n) is 3.27. The van der Waals surface area contributed by atoms with Crippen molar-refractivity contribution in [3.05, 3.63) is 0 Å². The molecule has 2 bridgehead atoms. The summed E-state index contributed by atoms with van der Waals surface area (Å²) < 4.78 is 0. The molecule has 0 N–H and O–H groups in total. The van der Waals surface area contributed by atoms with Crippen LogP contribution in [0.4, 0.5) is 0 Å². The van der Waals surface area contributed by atoms with E-state index >= 15 is 0 Å². The van der Waals surface area contributed by atoms with Gasteiger partial charge in [-0.1, -0.05) is 20.8 Å². The molecule has 12 heavy (non-hydrogen) atoms. The predicted molar refractivity (Wildman–Crippen MR) is 53.1 cm³/mol. The van der Waals surface area contributed by atoms with Gasteiger partial charge in [0.25, 0.3) is 0 Å². The lowest BCUT2D eigenvalue weighted by molar-refractivity contribution is -0.0282. The van der Waals surface area contributed by atoms with E-state index in [2.05, 4.69) is 20.8 Å². The van der Waals surface area contributed by atoms with E-state index in [1.54, 1.807) is 0 Å². The number of rotatable bonds is 1. The lowest BCUT2D eigenvalue weighted by Gasteiger charge is -2.54. The van der Waals surface area contributed by atoms with E-state index in [9.17, 15) is 0 Å². The highest BCUT2D eigenvalue weighted by Crippen LogP contribution is 2.59. The van der Waals surface area contributed by atoms with Gasteiger partial charge in [0.05, 0.1) is 0 Å². The number of hydrogen-bond donors (Lipinski definition) is 0. The van der Waals surface area contributed by atoms with Crippen LogP contribution in [0.15, 0.2) is 0 Å². The van der Waals surface area contributed by atoms with Crippen LogP contribution in [0.3, 0.4) is 0 Å². The lowest BCUT2D eigenvalue weighted by atomic mass is 9.51. The molecule has 0 aliphatic heterocycles. The molecule has 0 radical (unpaired) electrons. The molecule has 0 spiro atoms. The molecule has 3 aliphatic carbocycles. The van der Waals surface area contributed by atoms with Crippen molar-refractivity contribution in [2.24, 2.45) is 16.7 Å². The number of hydrogen-bond acceptors (Lipinski definition) is 0. The van der Waals surface area contributed by atoms with Crippen molar-refractivity contribution in [3.63, 3.8) is 0 Å². The first-order valence-corrected chi connectivity index (χ1v) is 5.56. The summed E-state index contributed by atoms with van der Waals surface area (Å²) >= 11 is 0. The summed E-state index contributed by atoms with van der Waals surface area (Å²) in [6, 6.07) is 0. The fourth-order valence-corrected chi connectivity index (χ4v) is 3.27. The molecule has 0 saturated heterocycles. The van der Waals surface area contributed by atoms with Crippen LogP contribution < -0.4 is 0 Å². The van der Waals surface area contributed by atoms with Crippen molar-refractivity contribution in [2.45, 2.75) is 59.3 Å². The second-order valence-electron chi connectivity index (χ2n) is 5.83. The molecular formula is C12H22. The van der Waals surface area contributed by atoms with Gasteiger partial charge in [0.1, 0.15) is 0 Å². The minimum Gasteiger partial charge on any atom is -0.0622 e. The first-order chi connectivity index (χ1) is 5.56. The van der Waals surface area contributed by atoms with Gasteiger partial charge in [0, 0.05) is 0 Å². The summed E-state index contributed by atoms with van der Waals surface area (Å²) in [7, 11) is 0. The molecule has 0 aromatic carbocycles. The molecular weight excluding hydrogens is 144 g/mol. The maximum Gasteiger partial charge on any atom is -0.0274 e. The van der Waals surface area contributed by atoms with Crippen molar-refractivity contribution < 1.29 is 0 Å². The highest BCUT2D eigenvalue weighted by atomic mass is 14.5. The van der Waals surface area contributed by atoms with Gasteiger partial charge in [-0.2, -0.15) is 0 Å². The molecule has 3 rings (SSSR count). The zero-order valence-electron chi connectivity index (χ0n) is 8.82. The molecule has 3 saturated carbocycles. The van der Waals surface area contributed by atoms with Gasteiger partial charge in [-0.05, 0) is 55.3 Å². The Morgan fingerprint density at radius 2 is 1.25 bits per heavy atom. The lowest BCUT2D eigenvalue weighted by Crippen LogP contribution is -2.42. The van der Waals surface area contributed by atoms with E-state index in [1.807, 2.05) is 0 Å². The minimum absolute atomic E-state index is 0.747. The maximum atomic E-state index is 2.50. The van der Waals surface area contributed by atoms with E-state index in [0.717, 1.165) is 16.7 Å². The van der Waals surface area contributed by atoms with E-state index in [1.165, 1.54) is 38.5 Å². The minimum atomic E-state index is 0.747. The molecule has 70 valence electrons. The molecule has 0 atom stereocenters. The first kappa shape index (κ1) is 8.59. The molecule has 3 aliphatic rings. The molecule has 3 fully saturated rings.